The minimum atomic E-state index is -0.684. The Kier molecular flexibility index (Phi) is 6.47. The Morgan fingerprint density at radius 1 is 1.18 bits per heavy atom. The van der Waals surface area contributed by atoms with Gasteiger partial charge in [0.25, 0.3) is 0 Å². The van der Waals surface area contributed by atoms with Crippen molar-refractivity contribution >= 4 is 23.4 Å². The Balaban J connectivity index is 1.86. The smallest absolute Gasteiger partial charge is 0.336 e. The first-order valence-corrected chi connectivity index (χ1v) is 11.3. The molecule has 4 rings (SSSR count). The molecule has 0 bridgehead atoms. The number of carbonyl (C=O) groups excluding carboxylic acids is 2. The standard InChI is InChI=1S/C26H26ClNO5/c1-4-33-26(31)22-14(2)28-19-11-16(15-8-6-5-7-9-15)12-20(29)24(19)23(22)17-10-18(27)25(30)21(13-17)32-3/h5-10,13,16,23,28,30H,4,11-12H2,1-3H3/t16-,23-/m1/s1. The van der Waals surface area contributed by atoms with Crippen molar-refractivity contribution in [3.05, 3.63) is 81.2 Å². The van der Waals surface area contributed by atoms with Crippen LogP contribution in [0.2, 0.25) is 5.02 Å². The molecule has 2 N–H and O–H groups in total. The largest absolute Gasteiger partial charge is 0.503 e. The summed E-state index contributed by atoms with van der Waals surface area (Å²) in [6.07, 6.45) is 0.969. The number of halogens is 1. The molecule has 0 spiro atoms. The number of rotatable bonds is 5. The van der Waals surface area contributed by atoms with Crippen molar-refractivity contribution in [3.8, 4) is 11.5 Å². The highest BCUT2D eigenvalue weighted by Gasteiger charge is 2.41. The molecular weight excluding hydrogens is 442 g/mol. The summed E-state index contributed by atoms with van der Waals surface area (Å²) in [5.74, 6) is -1.20. The molecule has 0 saturated heterocycles. The molecule has 6 nitrogen and oxygen atoms in total. The molecule has 2 aromatic rings. The monoisotopic (exact) mass is 467 g/mol. The summed E-state index contributed by atoms with van der Waals surface area (Å²) in [6, 6.07) is 13.1. The summed E-state index contributed by atoms with van der Waals surface area (Å²) in [7, 11) is 1.42. The maximum atomic E-state index is 13.5. The maximum Gasteiger partial charge on any atom is 0.336 e. The van der Waals surface area contributed by atoms with E-state index in [2.05, 4.69) is 5.32 Å². The van der Waals surface area contributed by atoms with E-state index >= 15 is 0 Å². The normalized spacial score (nSPS) is 20.3. The number of allylic oxidation sites excluding steroid dienone is 3. The maximum absolute atomic E-state index is 13.5. The Morgan fingerprint density at radius 3 is 2.58 bits per heavy atom. The summed E-state index contributed by atoms with van der Waals surface area (Å²) in [5.41, 5.74) is 3.98. The van der Waals surface area contributed by atoms with Crippen molar-refractivity contribution in [2.75, 3.05) is 13.7 Å². The van der Waals surface area contributed by atoms with Crippen molar-refractivity contribution in [2.45, 2.75) is 38.5 Å². The van der Waals surface area contributed by atoms with Gasteiger partial charge in [0.2, 0.25) is 0 Å². The minimum Gasteiger partial charge on any atom is -0.503 e. The van der Waals surface area contributed by atoms with Gasteiger partial charge >= 0.3 is 5.97 Å². The molecule has 0 saturated carbocycles. The molecule has 7 heteroatoms. The number of ketones is 1. The van der Waals surface area contributed by atoms with Crippen LogP contribution in [-0.4, -0.2) is 30.6 Å². The van der Waals surface area contributed by atoms with Gasteiger partial charge in [-0.3, -0.25) is 4.79 Å². The molecule has 2 aliphatic rings. The van der Waals surface area contributed by atoms with Gasteiger partial charge in [-0.1, -0.05) is 41.9 Å². The van der Waals surface area contributed by atoms with Crippen LogP contribution in [0.1, 0.15) is 49.7 Å². The topological polar surface area (TPSA) is 84.9 Å². The molecule has 172 valence electrons. The second kappa shape index (κ2) is 9.32. The van der Waals surface area contributed by atoms with Crippen LogP contribution < -0.4 is 10.1 Å². The molecule has 0 unspecified atom stereocenters. The lowest BCUT2D eigenvalue weighted by atomic mass is 9.71. The lowest BCUT2D eigenvalue weighted by Crippen LogP contribution is -2.36. The number of aromatic hydroxyl groups is 1. The number of Topliss-reactive ketones (excluding diaryl/α,β-unsaturated/α-hetero) is 1. The predicted octanol–water partition coefficient (Wildman–Crippen LogP) is 4.98. The van der Waals surface area contributed by atoms with E-state index in [1.165, 1.54) is 7.11 Å². The Bertz CT molecular complexity index is 1170. The fourth-order valence-electron chi connectivity index (χ4n) is 4.73. The number of hydrogen-bond donors (Lipinski definition) is 2. The van der Waals surface area contributed by atoms with Crippen LogP contribution in [0.5, 0.6) is 11.5 Å². The van der Waals surface area contributed by atoms with E-state index in [1.807, 2.05) is 30.3 Å². The molecule has 1 aliphatic heterocycles. The van der Waals surface area contributed by atoms with Crippen LogP contribution >= 0.6 is 11.6 Å². The molecule has 33 heavy (non-hydrogen) atoms. The number of phenols is 1. The minimum absolute atomic E-state index is 0.0416. The molecule has 0 radical (unpaired) electrons. The van der Waals surface area contributed by atoms with Crippen LogP contribution in [-0.2, 0) is 14.3 Å². The summed E-state index contributed by atoms with van der Waals surface area (Å²) >= 11 is 6.28. The van der Waals surface area contributed by atoms with Gasteiger partial charge in [-0.05, 0) is 49.4 Å². The molecule has 0 amide bonds. The van der Waals surface area contributed by atoms with Gasteiger partial charge in [0.1, 0.15) is 0 Å². The SMILES string of the molecule is CCOC(=O)C1=C(C)NC2=C(C(=O)C[C@H](c3ccccc3)C2)[C@@H]1c1cc(Cl)c(O)c(OC)c1. The highest BCUT2D eigenvalue weighted by atomic mass is 35.5. The highest BCUT2D eigenvalue weighted by molar-refractivity contribution is 6.32. The fraction of sp³-hybridized carbons (Fsp3) is 0.308. The van der Waals surface area contributed by atoms with Crippen LogP contribution in [0.3, 0.4) is 0 Å². The molecule has 0 aromatic heterocycles. The summed E-state index contributed by atoms with van der Waals surface area (Å²) in [4.78, 5) is 26.5. The summed E-state index contributed by atoms with van der Waals surface area (Å²) in [6.45, 7) is 3.75. The molecule has 0 fully saturated rings. The number of methoxy groups -OCH3 is 1. The van der Waals surface area contributed by atoms with Crippen LogP contribution in [0.25, 0.3) is 0 Å². The lowest BCUT2D eigenvalue weighted by Gasteiger charge is -2.36. The van der Waals surface area contributed by atoms with Gasteiger partial charge in [0, 0.05) is 29.3 Å². The number of hydrogen-bond acceptors (Lipinski definition) is 6. The molecular formula is C26H26ClNO5. The first-order chi connectivity index (χ1) is 15.8. The van der Waals surface area contributed by atoms with Crippen molar-refractivity contribution < 1.29 is 24.2 Å². The van der Waals surface area contributed by atoms with Gasteiger partial charge in [0.15, 0.2) is 17.3 Å². The number of phenolic OH excluding ortho intramolecular Hbond substituents is 1. The number of esters is 1. The number of nitrogens with one attached hydrogen (secondary N) is 1. The molecule has 1 aliphatic carbocycles. The van der Waals surface area contributed by atoms with E-state index in [1.54, 1.807) is 26.0 Å². The molecule has 2 aromatic carbocycles. The summed E-state index contributed by atoms with van der Waals surface area (Å²) < 4.78 is 10.6. The lowest BCUT2D eigenvalue weighted by molar-refractivity contribution is -0.138. The average Bonchev–Trinajstić information content (AvgIpc) is 2.80. The van der Waals surface area contributed by atoms with Crippen molar-refractivity contribution in [3.63, 3.8) is 0 Å². The Hall–Kier alpha value is -3.25. The van der Waals surface area contributed by atoms with Gasteiger partial charge in [0.05, 0.1) is 24.3 Å². The van der Waals surface area contributed by atoms with Crippen molar-refractivity contribution in [1.29, 1.82) is 0 Å². The quantitative estimate of drug-likeness (QED) is 0.603. The van der Waals surface area contributed by atoms with Gasteiger partial charge in [-0.2, -0.15) is 0 Å². The zero-order chi connectivity index (χ0) is 23.7. The van der Waals surface area contributed by atoms with E-state index in [0.717, 1.165) is 11.3 Å². The van der Waals surface area contributed by atoms with Gasteiger partial charge < -0.3 is 19.9 Å². The second-order valence-electron chi connectivity index (χ2n) is 8.20. The third-order valence-corrected chi connectivity index (χ3v) is 6.49. The highest BCUT2D eigenvalue weighted by Crippen LogP contribution is 2.48. The Morgan fingerprint density at radius 2 is 1.91 bits per heavy atom. The van der Waals surface area contributed by atoms with Crippen LogP contribution in [0.15, 0.2) is 65.0 Å². The number of benzene rings is 2. The number of ether oxygens (including phenoxy) is 2. The van der Waals surface area contributed by atoms with Crippen LogP contribution in [0.4, 0.5) is 0 Å². The predicted molar refractivity (Wildman–Crippen MR) is 125 cm³/mol. The van der Waals surface area contributed by atoms with E-state index in [-0.39, 0.29) is 34.8 Å². The van der Waals surface area contributed by atoms with Gasteiger partial charge in [-0.25, -0.2) is 4.79 Å². The van der Waals surface area contributed by atoms with E-state index in [0.29, 0.717) is 35.2 Å². The molecule has 1 heterocycles. The average molecular weight is 468 g/mol. The fourth-order valence-corrected chi connectivity index (χ4v) is 4.95. The van der Waals surface area contributed by atoms with Crippen LogP contribution in [0, 0.1) is 0 Å². The van der Waals surface area contributed by atoms with Crippen molar-refractivity contribution in [2.24, 2.45) is 0 Å². The first-order valence-electron chi connectivity index (χ1n) is 10.9. The van der Waals surface area contributed by atoms with E-state index < -0.39 is 11.9 Å². The Labute approximate surface area is 197 Å². The third-order valence-electron chi connectivity index (χ3n) is 6.20. The summed E-state index contributed by atoms with van der Waals surface area (Å²) in [5, 5.41) is 13.6. The second-order valence-corrected chi connectivity index (χ2v) is 8.61. The first kappa shape index (κ1) is 22.9. The zero-order valence-electron chi connectivity index (χ0n) is 18.8. The van der Waals surface area contributed by atoms with Crippen molar-refractivity contribution in [1.82, 2.24) is 5.32 Å². The molecule has 2 atom stereocenters. The van der Waals surface area contributed by atoms with E-state index in [9.17, 15) is 14.7 Å². The number of dihydropyridines is 1. The third kappa shape index (κ3) is 4.23. The zero-order valence-corrected chi connectivity index (χ0v) is 19.5. The van der Waals surface area contributed by atoms with E-state index in [4.69, 9.17) is 21.1 Å². The number of carbonyl (C=O) groups is 2. The van der Waals surface area contributed by atoms with Gasteiger partial charge in [-0.15, -0.1) is 0 Å².